The number of aliphatic hydroxyl groups is 1. The fourth-order valence-electron chi connectivity index (χ4n) is 7.09. The van der Waals surface area contributed by atoms with Gasteiger partial charge in [0.2, 0.25) is 0 Å². The molecule has 0 amide bonds. The number of aryl methyl sites for hydroxylation is 1. The molecule has 3 atom stereocenters. The van der Waals surface area contributed by atoms with Gasteiger partial charge in [-0.3, -0.25) is 0 Å². The minimum atomic E-state index is -4.62. The zero-order chi connectivity index (χ0) is 26.5. The standard InChI is InChI=1S/C25H31F6N3O2/c1-13(2)34-15(4)33-19-6-17(5-18(20(19)34)24(26,27)28)36-9-16-8-23(35,7-14(3)32-16)21-10-22(11-21,12-21)25(29,30)31/h5-6,13-14,16,32,35H,7-12H2,1-4H3/t14-,16-,21?,22?,23-/m0/s1. The number of nitrogens with one attached hydrogen (secondary N) is 1. The van der Waals surface area contributed by atoms with Crippen LogP contribution in [0.4, 0.5) is 26.3 Å². The fourth-order valence-corrected chi connectivity index (χ4v) is 7.09. The van der Waals surface area contributed by atoms with Crippen molar-refractivity contribution in [3.63, 3.8) is 0 Å². The fraction of sp³-hybridized carbons (Fsp3) is 0.720. The van der Waals surface area contributed by atoms with Gasteiger partial charge in [0, 0.05) is 29.6 Å². The van der Waals surface area contributed by atoms with E-state index in [0.717, 1.165) is 6.07 Å². The predicted octanol–water partition coefficient (Wildman–Crippen LogP) is 5.93. The molecule has 0 radical (unpaired) electrons. The van der Waals surface area contributed by atoms with E-state index in [1.54, 1.807) is 25.3 Å². The van der Waals surface area contributed by atoms with E-state index in [2.05, 4.69) is 10.3 Å². The molecule has 6 rings (SSSR count). The molecule has 0 unspecified atom stereocenters. The molecule has 2 aromatic rings. The third-order valence-electron chi connectivity index (χ3n) is 8.58. The Hall–Kier alpha value is -2.01. The molecule has 4 fully saturated rings. The van der Waals surface area contributed by atoms with Crippen molar-refractivity contribution in [1.82, 2.24) is 14.9 Å². The molecule has 4 aliphatic rings. The minimum absolute atomic E-state index is 0.00311. The van der Waals surface area contributed by atoms with E-state index in [-0.39, 0.29) is 61.2 Å². The number of fused-ring (bicyclic) bond motifs is 1. The number of hydrogen-bond acceptors (Lipinski definition) is 4. The van der Waals surface area contributed by atoms with Crippen LogP contribution < -0.4 is 10.1 Å². The molecular formula is C25H31F6N3O2. The van der Waals surface area contributed by atoms with Crippen LogP contribution in [0, 0.1) is 17.8 Å². The van der Waals surface area contributed by atoms with Crippen molar-refractivity contribution in [3.05, 3.63) is 23.5 Å². The second kappa shape index (κ2) is 7.75. The molecule has 2 N–H and O–H groups in total. The van der Waals surface area contributed by atoms with Gasteiger partial charge >= 0.3 is 12.4 Å². The summed E-state index contributed by atoms with van der Waals surface area (Å²) in [5.41, 5.74) is -4.34. The number of imidazole rings is 1. The van der Waals surface area contributed by atoms with E-state index in [4.69, 9.17) is 4.74 Å². The van der Waals surface area contributed by atoms with E-state index in [9.17, 15) is 31.4 Å². The van der Waals surface area contributed by atoms with Crippen LogP contribution in [0.5, 0.6) is 5.75 Å². The number of hydrogen-bond donors (Lipinski definition) is 2. The molecule has 3 aliphatic carbocycles. The molecule has 1 aromatic heterocycles. The quantitative estimate of drug-likeness (QED) is 0.481. The normalized spacial score (nSPS) is 34.6. The lowest BCUT2D eigenvalue weighted by atomic mass is 9.29. The average molecular weight is 520 g/mol. The van der Waals surface area contributed by atoms with Gasteiger partial charge in [0.25, 0.3) is 0 Å². The van der Waals surface area contributed by atoms with Gasteiger partial charge in [0.05, 0.1) is 27.6 Å². The number of alkyl halides is 6. The molecule has 11 heteroatoms. The molecule has 3 saturated carbocycles. The molecule has 200 valence electrons. The lowest BCUT2D eigenvalue weighted by Gasteiger charge is -2.76. The van der Waals surface area contributed by atoms with Gasteiger partial charge < -0.3 is 19.7 Å². The van der Waals surface area contributed by atoms with Crippen LogP contribution in [-0.2, 0) is 6.18 Å². The van der Waals surface area contributed by atoms with Crippen molar-refractivity contribution >= 4 is 11.0 Å². The van der Waals surface area contributed by atoms with E-state index < -0.39 is 40.4 Å². The molecule has 2 heterocycles. The highest BCUT2D eigenvalue weighted by atomic mass is 19.4. The summed E-state index contributed by atoms with van der Waals surface area (Å²) in [7, 11) is 0. The molecule has 1 aromatic carbocycles. The zero-order valence-corrected chi connectivity index (χ0v) is 20.6. The van der Waals surface area contributed by atoms with E-state index >= 15 is 0 Å². The SMILES string of the molecule is Cc1nc2cc(OC[C@@H]3C[C@](O)(C45CC(C(F)(F)F)(C4)C5)C[C@H](C)N3)cc(C(F)(F)F)c2n1C(C)C. The van der Waals surface area contributed by atoms with Crippen LogP contribution in [0.15, 0.2) is 12.1 Å². The lowest BCUT2D eigenvalue weighted by molar-refractivity contribution is -0.403. The Bertz CT molecular complexity index is 1170. The van der Waals surface area contributed by atoms with Gasteiger partial charge in [0.15, 0.2) is 0 Å². The van der Waals surface area contributed by atoms with E-state index in [1.165, 1.54) is 6.07 Å². The maximum atomic E-state index is 14.0. The number of nitrogens with zero attached hydrogens (tertiary/aromatic N) is 2. The number of halogens is 6. The first-order valence-corrected chi connectivity index (χ1v) is 12.3. The van der Waals surface area contributed by atoms with Crippen molar-refractivity contribution in [3.8, 4) is 5.75 Å². The topological polar surface area (TPSA) is 59.3 Å². The van der Waals surface area contributed by atoms with Gasteiger partial charge in [-0.25, -0.2) is 4.98 Å². The summed E-state index contributed by atoms with van der Waals surface area (Å²) < 4.78 is 89.3. The van der Waals surface area contributed by atoms with Crippen molar-refractivity contribution in [1.29, 1.82) is 0 Å². The highest BCUT2D eigenvalue weighted by Crippen LogP contribution is 2.82. The third-order valence-corrected chi connectivity index (χ3v) is 8.58. The third kappa shape index (κ3) is 3.71. The number of piperidine rings is 1. The number of aromatic nitrogens is 2. The average Bonchev–Trinajstić information content (AvgIpc) is 2.96. The molecule has 5 nitrogen and oxygen atoms in total. The van der Waals surface area contributed by atoms with Crippen LogP contribution in [-0.4, -0.2) is 45.1 Å². The van der Waals surface area contributed by atoms with Crippen molar-refractivity contribution < 1.29 is 36.2 Å². The van der Waals surface area contributed by atoms with Crippen molar-refractivity contribution in [2.45, 2.75) is 95.9 Å². The minimum Gasteiger partial charge on any atom is -0.492 e. The second-order valence-corrected chi connectivity index (χ2v) is 11.6. The Morgan fingerprint density at radius 2 is 1.78 bits per heavy atom. The van der Waals surface area contributed by atoms with Gasteiger partial charge in [-0.2, -0.15) is 26.3 Å². The molecule has 1 aliphatic heterocycles. The molecule has 0 spiro atoms. The van der Waals surface area contributed by atoms with Crippen LogP contribution in [0.25, 0.3) is 11.0 Å². The Morgan fingerprint density at radius 1 is 1.14 bits per heavy atom. The molecule has 2 bridgehead atoms. The Kier molecular flexibility index (Phi) is 5.52. The van der Waals surface area contributed by atoms with Crippen LogP contribution >= 0.6 is 0 Å². The molecule has 1 saturated heterocycles. The Balaban J connectivity index is 1.35. The number of benzene rings is 1. The summed E-state index contributed by atoms with van der Waals surface area (Å²) >= 11 is 0. The Morgan fingerprint density at radius 3 is 2.33 bits per heavy atom. The summed E-state index contributed by atoms with van der Waals surface area (Å²) in [5, 5.41) is 14.7. The van der Waals surface area contributed by atoms with E-state index in [1.807, 2.05) is 6.92 Å². The van der Waals surface area contributed by atoms with Crippen LogP contribution in [0.1, 0.15) is 70.3 Å². The first-order valence-electron chi connectivity index (χ1n) is 12.3. The largest absolute Gasteiger partial charge is 0.492 e. The number of rotatable bonds is 5. The first kappa shape index (κ1) is 25.6. The van der Waals surface area contributed by atoms with E-state index in [0.29, 0.717) is 12.2 Å². The molecule has 36 heavy (non-hydrogen) atoms. The van der Waals surface area contributed by atoms with Crippen LogP contribution in [0.3, 0.4) is 0 Å². The van der Waals surface area contributed by atoms with Gasteiger partial charge in [-0.1, -0.05) is 0 Å². The number of ether oxygens (including phenoxy) is 1. The Labute approximate surface area is 205 Å². The van der Waals surface area contributed by atoms with Gasteiger partial charge in [-0.15, -0.1) is 0 Å². The van der Waals surface area contributed by atoms with Crippen molar-refractivity contribution in [2.24, 2.45) is 10.8 Å². The summed E-state index contributed by atoms with van der Waals surface area (Å²) in [5.74, 6) is 0.471. The maximum absolute atomic E-state index is 14.0. The highest BCUT2D eigenvalue weighted by molar-refractivity contribution is 5.82. The predicted molar refractivity (Wildman–Crippen MR) is 121 cm³/mol. The maximum Gasteiger partial charge on any atom is 0.418 e. The summed E-state index contributed by atoms with van der Waals surface area (Å²) in [6.45, 7) is 7.05. The smallest absolute Gasteiger partial charge is 0.418 e. The van der Waals surface area contributed by atoms with Gasteiger partial charge in [-0.05, 0) is 65.9 Å². The summed E-state index contributed by atoms with van der Waals surface area (Å²) in [6, 6.07) is 1.63. The summed E-state index contributed by atoms with van der Waals surface area (Å²) in [6.07, 6.45) is -8.57. The van der Waals surface area contributed by atoms with Gasteiger partial charge in [0.1, 0.15) is 18.2 Å². The van der Waals surface area contributed by atoms with Crippen LogP contribution in [0.2, 0.25) is 0 Å². The second-order valence-electron chi connectivity index (χ2n) is 11.6. The zero-order valence-electron chi connectivity index (χ0n) is 20.6. The van der Waals surface area contributed by atoms with Crippen molar-refractivity contribution in [2.75, 3.05) is 6.61 Å². The lowest BCUT2D eigenvalue weighted by Crippen LogP contribution is -2.78. The molecular weight excluding hydrogens is 488 g/mol. The summed E-state index contributed by atoms with van der Waals surface area (Å²) in [4.78, 5) is 4.32. The first-order chi connectivity index (χ1) is 16.5. The monoisotopic (exact) mass is 519 g/mol. The highest BCUT2D eigenvalue weighted by Gasteiger charge is 2.83.